The van der Waals surface area contributed by atoms with E-state index in [9.17, 15) is 9.90 Å². The maximum absolute atomic E-state index is 12.3. The quantitative estimate of drug-likeness (QED) is 0.497. The molecule has 4 rings (SSSR count). The predicted molar refractivity (Wildman–Crippen MR) is 118 cm³/mol. The van der Waals surface area contributed by atoms with Crippen LogP contribution in [-0.2, 0) is 6.61 Å². The maximum atomic E-state index is 12.3. The smallest absolute Gasteiger partial charge is 0.253 e. The van der Waals surface area contributed by atoms with Crippen LogP contribution in [0.2, 0.25) is 0 Å². The van der Waals surface area contributed by atoms with Crippen molar-refractivity contribution in [1.29, 1.82) is 0 Å². The van der Waals surface area contributed by atoms with Gasteiger partial charge in [-0.3, -0.25) is 9.78 Å². The number of carbonyl (C=O) groups is 1. The van der Waals surface area contributed by atoms with E-state index in [0.717, 1.165) is 29.7 Å². The fraction of sp³-hybridized carbons (Fsp3) is 0.417. The third kappa shape index (κ3) is 5.13. The molecule has 0 saturated heterocycles. The van der Waals surface area contributed by atoms with Crippen molar-refractivity contribution < 1.29 is 19.2 Å². The van der Waals surface area contributed by atoms with E-state index in [4.69, 9.17) is 9.26 Å². The number of pyridine rings is 2. The van der Waals surface area contributed by atoms with Gasteiger partial charge in [-0.15, -0.1) is 0 Å². The summed E-state index contributed by atoms with van der Waals surface area (Å²) < 4.78 is 11.2. The van der Waals surface area contributed by atoms with Gasteiger partial charge in [-0.25, -0.2) is 4.98 Å². The van der Waals surface area contributed by atoms with E-state index in [0.29, 0.717) is 28.8 Å². The normalized spacial score (nSPS) is 14.2. The van der Waals surface area contributed by atoms with E-state index >= 15 is 0 Å². The number of hydrogen-bond acceptors (Lipinski definition) is 7. The molecule has 2 N–H and O–H groups in total. The van der Waals surface area contributed by atoms with E-state index in [1.807, 2.05) is 26.1 Å². The molecule has 0 bridgehead atoms. The number of hydrogen-bond donors (Lipinski definition) is 2. The maximum Gasteiger partial charge on any atom is 0.253 e. The SMILES string of the molecule is CCC[C@@H](CO)NC(=O)c1ccc(OCc2c(-c3ccc(C4CC4)nc3)noc2C)nc1. The van der Waals surface area contributed by atoms with Crippen LogP contribution < -0.4 is 10.1 Å². The van der Waals surface area contributed by atoms with Crippen LogP contribution in [0.1, 0.15) is 65.9 Å². The second kappa shape index (κ2) is 9.91. The molecular weight excluding hydrogens is 408 g/mol. The van der Waals surface area contributed by atoms with Crippen molar-refractivity contribution in [1.82, 2.24) is 20.4 Å². The number of nitrogens with zero attached hydrogens (tertiary/aromatic N) is 3. The number of aliphatic hydroxyl groups excluding tert-OH is 1. The van der Waals surface area contributed by atoms with Gasteiger partial charge in [0.2, 0.25) is 5.88 Å². The number of aromatic nitrogens is 3. The van der Waals surface area contributed by atoms with E-state index in [1.54, 1.807) is 12.1 Å². The molecule has 1 amide bonds. The van der Waals surface area contributed by atoms with Crippen LogP contribution in [0.15, 0.2) is 41.2 Å². The number of carbonyl (C=O) groups excluding carboxylic acids is 1. The first-order chi connectivity index (χ1) is 15.6. The second-order valence-corrected chi connectivity index (χ2v) is 8.13. The molecule has 3 aromatic rings. The minimum atomic E-state index is -0.268. The molecule has 32 heavy (non-hydrogen) atoms. The molecule has 0 aliphatic heterocycles. The number of amides is 1. The van der Waals surface area contributed by atoms with Crippen molar-refractivity contribution in [2.75, 3.05) is 6.61 Å². The topological polar surface area (TPSA) is 110 Å². The molecule has 0 unspecified atom stereocenters. The molecule has 0 radical (unpaired) electrons. The number of rotatable bonds is 10. The molecule has 1 aliphatic rings. The summed E-state index contributed by atoms with van der Waals surface area (Å²) in [6.07, 6.45) is 7.31. The summed E-state index contributed by atoms with van der Waals surface area (Å²) in [5.41, 5.74) is 3.96. The Morgan fingerprint density at radius 2 is 2.09 bits per heavy atom. The van der Waals surface area contributed by atoms with Gasteiger partial charge in [0, 0.05) is 35.6 Å². The Hall–Kier alpha value is -3.26. The first-order valence-electron chi connectivity index (χ1n) is 11.0. The Bertz CT molecular complexity index is 1040. The molecule has 8 heteroatoms. The Morgan fingerprint density at radius 3 is 2.72 bits per heavy atom. The lowest BCUT2D eigenvalue weighted by Crippen LogP contribution is -2.37. The summed E-state index contributed by atoms with van der Waals surface area (Å²) in [6, 6.07) is 7.11. The van der Waals surface area contributed by atoms with E-state index in [2.05, 4.69) is 26.5 Å². The third-order valence-corrected chi connectivity index (χ3v) is 5.60. The van der Waals surface area contributed by atoms with Gasteiger partial charge in [0.15, 0.2) is 0 Å². The highest BCUT2D eigenvalue weighted by atomic mass is 16.5. The lowest BCUT2D eigenvalue weighted by atomic mass is 10.1. The van der Waals surface area contributed by atoms with Crippen molar-refractivity contribution in [2.24, 2.45) is 0 Å². The molecule has 3 aromatic heterocycles. The van der Waals surface area contributed by atoms with Gasteiger partial charge < -0.3 is 19.7 Å². The highest BCUT2D eigenvalue weighted by Crippen LogP contribution is 2.39. The molecule has 3 heterocycles. The molecule has 0 spiro atoms. The monoisotopic (exact) mass is 436 g/mol. The zero-order valence-electron chi connectivity index (χ0n) is 18.4. The van der Waals surface area contributed by atoms with Crippen LogP contribution in [0, 0.1) is 6.92 Å². The number of aryl methyl sites for hydroxylation is 1. The van der Waals surface area contributed by atoms with Gasteiger partial charge in [0.05, 0.1) is 23.8 Å². The van der Waals surface area contributed by atoms with Crippen molar-refractivity contribution in [3.05, 3.63) is 59.2 Å². The average molecular weight is 437 g/mol. The molecule has 1 fully saturated rings. The molecule has 8 nitrogen and oxygen atoms in total. The fourth-order valence-corrected chi connectivity index (χ4v) is 3.53. The van der Waals surface area contributed by atoms with E-state index < -0.39 is 0 Å². The standard InChI is InChI=1S/C24H28N4O4/c1-3-4-19(13-29)27-24(30)18-8-10-22(26-12-18)31-14-20-15(2)32-28-23(20)17-7-9-21(25-11-17)16-5-6-16/h7-12,16,19,29H,3-6,13-14H2,1-2H3,(H,27,30)/t19-/m0/s1. The number of ether oxygens (including phenoxy) is 1. The lowest BCUT2D eigenvalue weighted by molar-refractivity contribution is 0.0912. The first kappa shape index (κ1) is 22.0. The predicted octanol–water partition coefficient (Wildman–Crippen LogP) is 3.79. The number of aliphatic hydroxyl groups is 1. The van der Waals surface area contributed by atoms with Gasteiger partial charge in [-0.05, 0) is 44.4 Å². The van der Waals surface area contributed by atoms with Gasteiger partial charge in [0.1, 0.15) is 18.1 Å². The van der Waals surface area contributed by atoms with Crippen LogP contribution in [-0.4, -0.2) is 38.8 Å². The minimum absolute atomic E-state index is 0.0898. The van der Waals surface area contributed by atoms with Gasteiger partial charge in [-0.1, -0.05) is 18.5 Å². The van der Waals surface area contributed by atoms with Crippen LogP contribution in [0.3, 0.4) is 0 Å². The van der Waals surface area contributed by atoms with Gasteiger partial charge in [-0.2, -0.15) is 0 Å². The molecule has 1 atom stereocenters. The van der Waals surface area contributed by atoms with Gasteiger partial charge in [0.25, 0.3) is 5.91 Å². The summed E-state index contributed by atoms with van der Waals surface area (Å²) in [5, 5.41) is 16.4. The summed E-state index contributed by atoms with van der Waals surface area (Å²) in [5.74, 6) is 1.40. The van der Waals surface area contributed by atoms with Crippen molar-refractivity contribution >= 4 is 5.91 Å². The average Bonchev–Trinajstić information content (AvgIpc) is 3.60. The molecule has 168 valence electrons. The van der Waals surface area contributed by atoms with Crippen LogP contribution >= 0.6 is 0 Å². The second-order valence-electron chi connectivity index (χ2n) is 8.13. The molecule has 1 saturated carbocycles. The summed E-state index contributed by atoms with van der Waals surface area (Å²) in [7, 11) is 0. The first-order valence-corrected chi connectivity index (χ1v) is 11.0. The minimum Gasteiger partial charge on any atom is -0.473 e. The van der Waals surface area contributed by atoms with Crippen molar-refractivity contribution in [2.45, 2.75) is 58.1 Å². The molecule has 0 aromatic carbocycles. The third-order valence-electron chi connectivity index (χ3n) is 5.60. The van der Waals surface area contributed by atoms with Crippen molar-refractivity contribution in [3.8, 4) is 17.1 Å². The fourth-order valence-electron chi connectivity index (χ4n) is 3.53. The van der Waals surface area contributed by atoms with Crippen LogP contribution in [0.4, 0.5) is 0 Å². The Balaban J connectivity index is 1.39. The van der Waals surface area contributed by atoms with E-state index in [-0.39, 0.29) is 25.2 Å². The summed E-state index contributed by atoms with van der Waals surface area (Å²) in [4.78, 5) is 21.1. The Labute approximate surface area is 187 Å². The zero-order chi connectivity index (χ0) is 22.5. The lowest BCUT2D eigenvalue weighted by Gasteiger charge is -2.15. The zero-order valence-corrected chi connectivity index (χ0v) is 18.4. The highest BCUT2D eigenvalue weighted by Gasteiger charge is 2.25. The van der Waals surface area contributed by atoms with Gasteiger partial charge >= 0.3 is 0 Å². The molecular formula is C24H28N4O4. The summed E-state index contributed by atoms with van der Waals surface area (Å²) in [6.45, 7) is 3.99. The van der Waals surface area contributed by atoms with Crippen LogP contribution in [0.25, 0.3) is 11.3 Å². The van der Waals surface area contributed by atoms with Crippen LogP contribution in [0.5, 0.6) is 5.88 Å². The largest absolute Gasteiger partial charge is 0.473 e. The van der Waals surface area contributed by atoms with E-state index in [1.165, 1.54) is 19.0 Å². The highest BCUT2D eigenvalue weighted by molar-refractivity contribution is 5.94. The number of nitrogens with one attached hydrogen (secondary N) is 1. The van der Waals surface area contributed by atoms with Crippen molar-refractivity contribution in [3.63, 3.8) is 0 Å². The Kier molecular flexibility index (Phi) is 6.80. The summed E-state index contributed by atoms with van der Waals surface area (Å²) >= 11 is 0. The Morgan fingerprint density at radius 1 is 1.25 bits per heavy atom. The molecule has 1 aliphatic carbocycles.